The van der Waals surface area contributed by atoms with Gasteiger partial charge >= 0.3 is 0 Å². The van der Waals surface area contributed by atoms with Crippen molar-refractivity contribution in [1.82, 2.24) is 5.32 Å². The zero-order valence-corrected chi connectivity index (χ0v) is 21.2. The molecule has 178 valence electrons. The van der Waals surface area contributed by atoms with Crippen molar-refractivity contribution in [3.63, 3.8) is 0 Å². The Kier molecular flexibility index (Phi) is 11.1. The normalized spacial score (nSPS) is 10.6. The van der Waals surface area contributed by atoms with Crippen molar-refractivity contribution in [2.24, 2.45) is 0 Å². The summed E-state index contributed by atoms with van der Waals surface area (Å²) in [5.41, 5.74) is 4.27. The average Bonchev–Trinajstić information content (AvgIpc) is 2.87. The van der Waals surface area contributed by atoms with Gasteiger partial charge in [-0.1, -0.05) is 61.0 Å². The van der Waals surface area contributed by atoms with Crippen LogP contribution in [0.4, 0.5) is 5.69 Å². The molecule has 0 bridgehead atoms. The molecule has 0 saturated heterocycles. The van der Waals surface area contributed by atoms with E-state index in [2.05, 4.69) is 53.3 Å². The van der Waals surface area contributed by atoms with Gasteiger partial charge in [0, 0.05) is 29.3 Å². The second-order valence-corrected chi connectivity index (χ2v) is 9.86. The lowest BCUT2D eigenvalue weighted by atomic mass is 10.1. The number of hydrogen-bond acceptors (Lipinski definition) is 4. The fourth-order valence-electron chi connectivity index (χ4n) is 3.48. The van der Waals surface area contributed by atoms with Gasteiger partial charge in [0.15, 0.2) is 0 Å². The number of carbonyl (C=O) groups is 2. The maximum absolute atomic E-state index is 12.3. The molecule has 0 aliphatic carbocycles. The number of benzene rings is 3. The Bertz CT molecular complexity index is 1040. The molecular weight excluding hydrogens is 460 g/mol. The second kappa shape index (κ2) is 14.5. The fraction of sp³-hybridized carbons (Fsp3) is 0.286. The third kappa shape index (κ3) is 9.27. The molecule has 0 heterocycles. The van der Waals surface area contributed by atoms with Gasteiger partial charge in [0.25, 0.3) is 0 Å². The molecule has 2 amide bonds. The average molecular weight is 493 g/mol. The van der Waals surface area contributed by atoms with Crippen LogP contribution < -0.4 is 10.6 Å². The van der Waals surface area contributed by atoms with Crippen molar-refractivity contribution in [1.29, 1.82) is 0 Å². The first-order valence-corrected chi connectivity index (χ1v) is 13.9. The molecule has 0 spiro atoms. The largest absolute Gasteiger partial charge is 0.355 e. The number of unbranched alkanes of at least 4 members (excludes halogenated alkanes) is 2. The number of amides is 2. The van der Waals surface area contributed by atoms with E-state index in [1.165, 1.54) is 10.5 Å². The van der Waals surface area contributed by atoms with Crippen LogP contribution in [0.3, 0.4) is 0 Å². The molecule has 0 aromatic heterocycles. The number of thioether (sulfide) groups is 2. The predicted molar refractivity (Wildman–Crippen MR) is 146 cm³/mol. The van der Waals surface area contributed by atoms with Crippen LogP contribution in [0.2, 0.25) is 0 Å². The molecule has 0 radical (unpaired) electrons. The standard InChI is InChI=1S/C28H32N2O2S2/c1-33-26-16-14-22(15-17-26)20-34-21-28(32)29-18-7-3-6-13-27(31)30-25-12-8-11-24(19-25)23-9-4-2-5-10-23/h2,4-5,8-12,14-17,19H,3,6-7,13,18,20-21H2,1H3,(H,29,32)(H,30,31). The van der Waals surface area contributed by atoms with Gasteiger partial charge < -0.3 is 10.6 Å². The summed E-state index contributed by atoms with van der Waals surface area (Å²) in [5, 5.41) is 5.96. The second-order valence-electron chi connectivity index (χ2n) is 8.00. The van der Waals surface area contributed by atoms with E-state index in [0.29, 0.717) is 18.7 Å². The minimum Gasteiger partial charge on any atom is -0.355 e. The summed E-state index contributed by atoms with van der Waals surface area (Å²) in [7, 11) is 0. The van der Waals surface area contributed by atoms with Gasteiger partial charge in [0.2, 0.25) is 11.8 Å². The maximum atomic E-state index is 12.3. The Morgan fingerprint density at radius 3 is 2.32 bits per heavy atom. The third-order valence-electron chi connectivity index (χ3n) is 5.32. The van der Waals surface area contributed by atoms with Crippen molar-refractivity contribution in [3.05, 3.63) is 84.4 Å². The molecule has 0 aliphatic heterocycles. The fourth-order valence-corrected chi connectivity index (χ4v) is 4.71. The highest BCUT2D eigenvalue weighted by Gasteiger charge is 2.05. The van der Waals surface area contributed by atoms with Crippen LogP contribution in [-0.4, -0.2) is 30.4 Å². The molecule has 0 atom stereocenters. The molecule has 34 heavy (non-hydrogen) atoms. The lowest BCUT2D eigenvalue weighted by molar-refractivity contribution is -0.118. The van der Waals surface area contributed by atoms with E-state index < -0.39 is 0 Å². The van der Waals surface area contributed by atoms with E-state index in [-0.39, 0.29) is 11.8 Å². The minimum atomic E-state index is 0.0243. The Hall–Kier alpha value is -2.70. The molecular formula is C28H32N2O2S2. The molecule has 3 aromatic rings. The van der Waals surface area contributed by atoms with Crippen LogP contribution in [0, 0.1) is 0 Å². The Morgan fingerprint density at radius 1 is 0.794 bits per heavy atom. The minimum absolute atomic E-state index is 0.0243. The first-order chi connectivity index (χ1) is 16.6. The van der Waals surface area contributed by atoms with Gasteiger partial charge in [-0.2, -0.15) is 0 Å². The van der Waals surface area contributed by atoms with Crippen molar-refractivity contribution < 1.29 is 9.59 Å². The van der Waals surface area contributed by atoms with E-state index in [4.69, 9.17) is 0 Å². The Balaban J connectivity index is 1.24. The number of anilines is 1. The van der Waals surface area contributed by atoms with Gasteiger partial charge in [-0.25, -0.2) is 0 Å². The van der Waals surface area contributed by atoms with Gasteiger partial charge in [0.05, 0.1) is 5.75 Å². The van der Waals surface area contributed by atoms with E-state index >= 15 is 0 Å². The molecule has 4 nitrogen and oxygen atoms in total. The molecule has 2 N–H and O–H groups in total. The first kappa shape index (κ1) is 25.9. The van der Waals surface area contributed by atoms with Crippen LogP contribution in [-0.2, 0) is 15.3 Å². The van der Waals surface area contributed by atoms with E-state index in [1.807, 2.05) is 42.5 Å². The number of hydrogen-bond donors (Lipinski definition) is 2. The molecule has 0 fully saturated rings. The zero-order valence-electron chi connectivity index (χ0n) is 19.6. The number of carbonyl (C=O) groups excluding carboxylic acids is 2. The summed E-state index contributed by atoms with van der Waals surface area (Å²) in [6, 6.07) is 26.5. The van der Waals surface area contributed by atoms with Crippen LogP contribution in [0.25, 0.3) is 11.1 Å². The lowest BCUT2D eigenvalue weighted by Crippen LogP contribution is -2.26. The number of rotatable bonds is 13. The van der Waals surface area contributed by atoms with E-state index in [9.17, 15) is 9.59 Å². The molecule has 0 aliphatic rings. The highest BCUT2D eigenvalue weighted by molar-refractivity contribution is 7.99. The van der Waals surface area contributed by atoms with E-state index in [1.54, 1.807) is 23.5 Å². The van der Waals surface area contributed by atoms with Gasteiger partial charge in [-0.05, 0) is 60.1 Å². The molecule has 3 rings (SSSR count). The maximum Gasteiger partial charge on any atom is 0.230 e. The Morgan fingerprint density at radius 2 is 1.56 bits per heavy atom. The molecule has 3 aromatic carbocycles. The molecule has 6 heteroatoms. The molecule has 0 unspecified atom stereocenters. The predicted octanol–water partition coefficient (Wildman–Crippen LogP) is 6.62. The quantitative estimate of drug-likeness (QED) is 0.208. The van der Waals surface area contributed by atoms with Gasteiger partial charge in [-0.15, -0.1) is 23.5 Å². The number of nitrogens with one attached hydrogen (secondary N) is 2. The smallest absolute Gasteiger partial charge is 0.230 e. The Labute approximate surface area is 211 Å². The van der Waals surface area contributed by atoms with Crippen molar-refractivity contribution in [2.45, 2.75) is 36.3 Å². The summed E-state index contributed by atoms with van der Waals surface area (Å²) >= 11 is 3.36. The highest BCUT2D eigenvalue weighted by Crippen LogP contribution is 2.22. The summed E-state index contributed by atoms with van der Waals surface area (Å²) < 4.78 is 0. The van der Waals surface area contributed by atoms with Gasteiger partial charge in [-0.3, -0.25) is 9.59 Å². The molecule has 0 saturated carbocycles. The third-order valence-corrected chi connectivity index (χ3v) is 7.06. The topological polar surface area (TPSA) is 58.2 Å². The van der Waals surface area contributed by atoms with Crippen LogP contribution in [0.15, 0.2) is 83.8 Å². The highest BCUT2D eigenvalue weighted by atomic mass is 32.2. The SMILES string of the molecule is CSc1ccc(CSCC(=O)NCCCCCC(=O)Nc2cccc(-c3ccccc3)c2)cc1. The van der Waals surface area contributed by atoms with E-state index in [0.717, 1.165) is 41.8 Å². The van der Waals surface area contributed by atoms with Crippen LogP contribution in [0.5, 0.6) is 0 Å². The van der Waals surface area contributed by atoms with Crippen LogP contribution >= 0.6 is 23.5 Å². The summed E-state index contributed by atoms with van der Waals surface area (Å²) in [6.45, 7) is 0.655. The van der Waals surface area contributed by atoms with Gasteiger partial charge in [0.1, 0.15) is 0 Å². The van der Waals surface area contributed by atoms with Crippen molar-refractivity contribution in [2.75, 3.05) is 23.9 Å². The summed E-state index contributed by atoms with van der Waals surface area (Å²) in [5.74, 6) is 1.40. The van der Waals surface area contributed by atoms with Crippen molar-refractivity contribution in [3.8, 4) is 11.1 Å². The monoisotopic (exact) mass is 492 g/mol. The summed E-state index contributed by atoms with van der Waals surface area (Å²) in [4.78, 5) is 25.5. The first-order valence-electron chi connectivity index (χ1n) is 11.6. The summed E-state index contributed by atoms with van der Waals surface area (Å²) in [6.07, 6.45) is 5.14. The zero-order chi connectivity index (χ0) is 24.0. The lowest BCUT2D eigenvalue weighted by Gasteiger charge is -2.08. The van der Waals surface area contributed by atoms with Crippen molar-refractivity contribution >= 4 is 41.0 Å². The van der Waals surface area contributed by atoms with Crippen LogP contribution in [0.1, 0.15) is 31.2 Å².